The van der Waals surface area contributed by atoms with Crippen molar-refractivity contribution in [3.63, 3.8) is 0 Å². The molecule has 0 spiro atoms. The van der Waals surface area contributed by atoms with Gasteiger partial charge in [0, 0.05) is 23.3 Å². The van der Waals surface area contributed by atoms with Gasteiger partial charge < -0.3 is 15.2 Å². The van der Waals surface area contributed by atoms with Crippen molar-refractivity contribution in [3.8, 4) is 0 Å². The summed E-state index contributed by atoms with van der Waals surface area (Å²) in [5.74, 6) is 1.01. The van der Waals surface area contributed by atoms with E-state index in [1.54, 1.807) is 24.3 Å². The van der Waals surface area contributed by atoms with Gasteiger partial charge in [0.05, 0.1) is 11.8 Å². The molecule has 0 saturated carbocycles. The van der Waals surface area contributed by atoms with Crippen LogP contribution in [-0.4, -0.2) is 32.3 Å². The predicted molar refractivity (Wildman–Crippen MR) is 137 cm³/mol. The number of amides is 2. The predicted octanol–water partition coefficient (Wildman–Crippen LogP) is 5.45. The Morgan fingerprint density at radius 2 is 1.65 bits per heavy atom. The van der Waals surface area contributed by atoms with Crippen LogP contribution in [0.3, 0.4) is 0 Å². The van der Waals surface area contributed by atoms with Crippen LogP contribution in [0, 0.1) is 5.92 Å². The van der Waals surface area contributed by atoms with Gasteiger partial charge in [-0.2, -0.15) is 0 Å². The van der Waals surface area contributed by atoms with Crippen LogP contribution >= 0.6 is 23.4 Å². The van der Waals surface area contributed by atoms with Crippen molar-refractivity contribution in [1.29, 1.82) is 0 Å². The fourth-order valence-electron chi connectivity index (χ4n) is 3.36. The Bertz CT molecular complexity index is 1130. The molecule has 3 aromatic rings. The van der Waals surface area contributed by atoms with Crippen LogP contribution in [-0.2, 0) is 11.8 Å². The van der Waals surface area contributed by atoms with Crippen molar-refractivity contribution in [3.05, 3.63) is 70.5 Å². The molecule has 2 N–H and O–H groups in total. The topological polar surface area (TPSA) is 88.9 Å². The molecule has 0 saturated heterocycles. The number of carbonyl (C=O) groups is 2. The van der Waals surface area contributed by atoms with Crippen LogP contribution in [0.25, 0.3) is 0 Å². The Balaban J connectivity index is 1.63. The first-order valence-corrected chi connectivity index (χ1v) is 12.5. The summed E-state index contributed by atoms with van der Waals surface area (Å²) in [5, 5.41) is 15.7. The van der Waals surface area contributed by atoms with E-state index < -0.39 is 0 Å². The molecule has 2 amide bonds. The van der Waals surface area contributed by atoms with Gasteiger partial charge in [0.15, 0.2) is 11.0 Å². The van der Waals surface area contributed by atoms with Crippen molar-refractivity contribution in [2.45, 2.75) is 44.8 Å². The highest BCUT2D eigenvalue weighted by atomic mass is 35.5. The monoisotopic (exact) mass is 499 g/mol. The van der Waals surface area contributed by atoms with Gasteiger partial charge in [-0.15, -0.1) is 10.2 Å². The number of nitrogens with one attached hydrogen (secondary N) is 2. The van der Waals surface area contributed by atoms with E-state index >= 15 is 0 Å². The van der Waals surface area contributed by atoms with Crippen molar-refractivity contribution in [1.82, 2.24) is 20.1 Å². The second kappa shape index (κ2) is 11.5. The molecule has 2 aromatic carbocycles. The smallest absolute Gasteiger partial charge is 0.251 e. The molecule has 0 aliphatic carbocycles. The second-order valence-corrected chi connectivity index (χ2v) is 10.1. The van der Waals surface area contributed by atoms with Crippen molar-refractivity contribution >= 4 is 40.9 Å². The normalized spacial score (nSPS) is 12.1. The molecule has 0 aliphatic rings. The minimum absolute atomic E-state index is 0.0779. The van der Waals surface area contributed by atoms with Crippen LogP contribution < -0.4 is 10.6 Å². The third kappa shape index (κ3) is 6.61. The van der Waals surface area contributed by atoms with Gasteiger partial charge in [-0.3, -0.25) is 9.59 Å². The molecule has 1 heterocycles. The van der Waals surface area contributed by atoms with Gasteiger partial charge in [-0.25, -0.2) is 0 Å². The van der Waals surface area contributed by atoms with Gasteiger partial charge >= 0.3 is 0 Å². The molecule has 0 bridgehead atoms. The van der Waals surface area contributed by atoms with E-state index in [2.05, 4.69) is 34.7 Å². The number of thioether (sulfide) groups is 1. The van der Waals surface area contributed by atoms with E-state index in [4.69, 9.17) is 11.6 Å². The molecule has 0 fully saturated rings. The molecule has 180 valence electrons. The molecule has 1 aromatic heterocycles. The summed E-state index contributed by atoms with van der Waals surface area (Å²) in [4.78, 5) is 25.2. The zero-order valence-electron chi connectivity index (χ0n) is 20.0. The molecule has 0 radical (unpaired) electrons. The number of halogens is 1. The number of anilines is 1. The first-order chi connectivity index (χ1) is 16.2. The molecule has 1 atom stereocenters. The Labute approximate surface area is 209 Å². The zero-order chi connectivity index (χ0) is 24.8. The second-order valence-electron chi connectivity index (χ2n) is 8.72. The fraction of sp³-hybridized carbons (Fsp3) is 0.360. The van der Waals surface area contributed by atoms with E-state index in [-0.39, 0.29) is 29.5 Å². The molecule has 0 aliphatic heterocycles. The summed E-state index contributed by atoms with van der Waals surface area (Å²) >= 11 is 7.22. The first-order valence-electron chi connectivity index (χ1n) is 11.1. The number of rotatable bonds is 9. The molecule has 34 heavy (non-hydrogen) atoms. The summed E-state index contributed by atoms with van der Waals surface area (Å²) in [6.45, 7) is 8.28. The van der Waals surface area contributed by atoms with E-state index in [1.807, 2.05) is 49.7 Å². The third-order valence-electron chi connectivity index (χ3n) is 5.40. The lowest BCUT2D eigenvalue weighted by Crippen LogP contribution is -2.33. The number of aromatic nitrogens is 3. The number of benzene rings is 2. The van der Waals surface area contributed by atoms with Crippen molar-refractivity contribution in [2.24, 2.45) is 13.0 Å². The van der Waals surface area contributed by atoms with Crippen LogP contribution in [0.5, 0.6) is 0 Å². The van der Waals surface area contributed by atoms with E-state index in [1.165, 1.54) is 17.3 Å². The Morgan fingerprint density at radius 1 is 1.00 bits per heavy atom. The third-order valence-corrected chi connectivity index (χ3v) is 6.67. The number of hydrogen-bond donors (Lipinski definition) is 2. The molecule has 9 heteroatoms. The van der Waals surface area contributed by atoms with Crippen molar-refractivity contribution < 1.29 is 9.59 Å². The average Bonchev–Trinajstić information content (AvgIpc) is 3.16. The van der Waals surface area contributed by atoms with E-state index in [0.29, 0.717) is 27.5 Å². The van der Waals surface area contributed by atoms with Crippen molar-refractivity contribution in [2.75, 3.05) is 11.1 Å². The molecular weight excluding hydrogens is 470 g/mol. The van der Waals surface area contributed by atoms with Gasteiger partial charge in [0.25, 0.3) is 5.91 Å². The summed E-state index contributed by atoms with van der Waals surface area (Å²) < 4.78 is 1.82. The minimum atomic E-state index is -0.344. The molecular formula is C25H30ClN5O2S. The Morgan fingerprint density at radius 3 is 2.24 bits per heavy atom. The van der Waals surface area contributed by atoms with Gasteiger partial charge in [-0.05, 0) is 53.8 Å². The van der Waals surface area contributed by atoms with Gasteiger partial charge in [0.2, 0.25) is 5.91 Å². The molecule has 7 nitrogen and oxygen atoms in total. The maximum atomic E-state index is 12.7. The molecule has 0 unspecified atom stereocenters. The maximum absolute atomic E-state index is 12.7. The van der Waals surface area contributed by atoms with Crippen LogP contribution in [0.15, 0.2) is 53.7 Å². The lowest BCUT2D eigenvalue weighted by molar-refractivity contribution is -0.113. The average molecular weight is 500 g/mol. The summed E-state index contributed by atoms with van der Waals surface area (Å²) in [6, 6.07) is 14.2. The summed E-state index contributed by atoms with van der Waals surface area (Å²) in [7, 11) is 1.84. The first kappa shape index (κ1) is 25.8. The van der Waals surface area contributed by atoms with Gasteiger partial charge in [-0.1, -0.05) is 63.2 Å². The maximum Gasteiger partial charge on any atom is 0.251 e. The minimum Gasteiger partial charge on any atom is -0.342 e. The number of hydrogen-bond acceptors (Lipinski definition) is 5. The lowest BCUT2D eigenvalue weighted by Gasteiger charge is -2.21. The Hall–Kier alpha value is -2.84. The van der Waals surface area contributed by atoms with Crippen LogP contribution in [0.2, 0.25) is 5.02 Å². The quantitative estimate of drug-likeness (QED) is 0.382. The summed E-state index contributed by atoms with van der Waals surface area (Å²) in [5.41, 5.74) is 2.50. The SMILES string of the molecule is CC(C)c1ccc(NC(=O)CSc2nnc([C@H](NC(=O)c3ccc(Cl)cc3)C(C)C)n2C)cc1. The number of carbonyl (C=O) groups excluding carboxylic acids is 2. The van der Waals surface area contributed by atoms with Gasteiger partial charge in [0.1, 0.15) is 0 Å². The zero-order valence-corrected chi connectivity index (χ0v) is 21.6. The fourth-order valence-corrected chi connectivity index (χ4v) is 4.20. The molecule has 3 rings (SSSR count). The van der Waals surface area contributed by atoms with E-state index in [9.17, 15) is 9.59 Å². The summed E-state index contributed by atoms with van der Waals surface area (Å²) in [6.07, 6.45) is 0. The Kier molecular flexibility index (Phi) is 8.74. The largest absolute Gasteiger partial charge is 0.342 e. The standard InChI is InChI=1S/C25H30ClN5O2S/c1-15(2)17-8-12-20(13-9-17)27-21(32)14-34-25-30-29-23(31(25)5)22(16(3)4)28-24(33)18-6-10-19(26)11-7-18/h6-13,15-16,22H,14H2,1-5H3,(H,27,32)(H,28,33)/t22-/m1/s1. The highest BCUT2D eigenvalue weighted by Crippen LogP contribution is 2.25. The number of nitrogens with zero attached hydrogens (tertiary/aromatic N) is 3. The van der Waals surface area contributed by atoms with Crippen LogP contribution in [0.1, 0.15) is 61.4 Å². The highest BCUT2D eigenvalue weighted by molar-refractivity contribution is 7.99. The van der Waals surface area contributed by atoms with Crippen LogP contribution in [0.4, 0.5) is 5.69 Å². The van der Waals surface area contributed by atoms with E-state index in [0.717, 1.165) is 5.69 Å². The lowest BCUT2D eigenvalue weighted by atomic mass is 10.0. The highest BCUT2D eigenvalue weighted by Gasteiger charge is 2.25.